The van der Waals surface area contributed by atoms with E-state index in [1.165, 1.54) is 0 Å². The fourth-order valence-electron chi connectivity index (χ4n) is 0.903. The predicted octanol–water partition coefficient (Wildman–Crippen LogP) is 3.13. The summed E-state index contributed by atoms with van der Waals surface area (Å²) < 4.78 is 0.599. The minimum atomic E-state index is 0.178. The number of hydrogen-bond acceptors (Lipinski definition) is 2. The maximum Gasteiger partial charge on any atom is 0.130 e. The molecule has 0 bridgehead atoms. The first-order chi connectivity index (χ1) is 5.70. The third-order valence-electron chi connectivity index (χ3n) is 1.51. The first-order valence-corrected chi connectivity index (χ1v) is 4.10. The molecule has 0 amide bonds. The van der Waals surface area contributed by atoms with Crippen molar-refractivity contribution in [3.05, 3.63) is 28.7 Å². The van der Waals surface area contributed by atoms with Crippen LogP contribution in [0.25, 0.3) is 6.08 Å². The van der Waals surface area contributed by atoms with E-state index in [1.54, 1.807) is 18.2 Å². The van der Waals surface area contributed by atoms with E-state index in [2.05, 4.69) is 34.2 Å². The van der Waals surface area contributed by atoms with Crippen molar-refractivity contribution >= 4 is 34.4 Å². The van der Waals surface area contributed by atoms with Gasteiger partial charge in [0, 0.05) is 5.56 Å². The van der Waals surface area contributed by atoms with Crippen LogP contribution in [0.1, 0.15) is 5.56 Å². The SMILES string of the molecule is C=Cc1c(N=C)ccc(O)c1Br. The molecule has 3 heteroatoms. The summed E-state index contributed by atoms with van der Waals surface area (Å²) in [5.74, 6) is 0.178. The average Bonchev–Trinajstić information content (AvgIpc) is 2.09. The molecular weight excluding hydrogens is 218 g/mol. The molecule has 0 aromatic heterocycles. The Morgan fingerprint density at radius 3 is 2.67 bits per heavy atom. The van der Waals surface area contributed by atoms with Gasteiger partial charge in [-0.25, -0.2) is 0 Å². The van der Waals surface area contributed by atoms with Gasteiger partial charge >= 0.3 is 0 Å². The highest BCUT2D eigenvalue weighted by Crippen LogP contribution is 2.34. The second-order valence-electron chi connectivity index (χ2n) is 2.19. The van der Waals surface area contributed by atoms with Crippen LogP contribution in [0.5, 0.6) is 5.75 Å². The van der Waals surface area contributed by atoms with E-state index in [0.717, 1.165) is 5.56 Å². The largest absolute Gasteiger partial charge is 0.507 e. The number of halogens is 1. The van der Waals surface area contributed by atoms with E-state index in [9.17, 15) is 5.11 Å². The number of benzene rings is 1. The van der Waals surface area contributed by atoms with Crippen LogP contribution in [0.4, 0.5) is 5.69 Å². The Morgan fingerprint density at radius 2 is 2.17 bits per heavy atom. The smallest absolute Gasteiger partial charge is 0.130 e. The van der Waals surface area contributed by atoms with Crippen molar-refractivity contribution in [1.82, 2.24) is 0 Å². The zero-order valence-electron chi connectivity index (χ0n) is 6.42. The summed E-state index contributed by atoms with van der Waals surface area (Å²) in [7, 11) is 0. The molecule has 0 unspecified atom stereocenters. The fraction of sp³-hybridized carbons (Fsp3) is 0. The Hall–Kier alpha value is -1.09. The van der Waals surface area contributed by atoms with E-state index < -0.39 is 0 Å². The molecule has 0 aliphatic heterocycles. The zero-order chi connectivity index (χ0) is 9.14. The number of aliphatic imine (C=N–C) groups is 1. The Balaban J connectivity index is 3.45. The van der Waals surface area contributed by atoms with Crippen molar-refractivity contribution < 1.29 is 5.11 Å². The van der Waals surface area contributed by atoms with Gasteiger partial charge in [0.05, 0.1) is 10.2 Å². The first kappa shape index (κ1) is 9.00. The molecule has 1 N–H and O–H groups in total. The third kappa shape index (κ3) is 1.41. The average molecular weight is 226 g/mol. The molecule has 62 valence electrons. The maximum absolute atomic E-state index is 9.29. The van der Waals surface area contributed by atoms with Crippen molar-refractivity contribution in [2.75, 3.05) is 0 Å². The molecule has 0 atom stereocenters. The van der Waals surface area contributed by atoms with Gasteiger partial charge < -0.3 is 5.11 Å². The third-order valence-corrected chi connectivity index (χ3v) is 2.34. The van der Waals surface area contributed by atoms with Crippen molar-refractivity contribution in [2.24, 2.45) is 4.99 Å². The molecule has 0 aliphatic rings. The van der Waals surface area contributed by atoms with E-state index in [0.29, 0.717) is 10.2 Å². The number of aromatic hydroxyl groups is 1. The summed E-state index contributed by atoms with van der Waals surface area (Å²) in [5, 5.41) is 9.29. The maximum atomic E-state index is 9.29. The van der Waals surface area contributed by atoms with Crippen LogP contribution < -0.4 is 0 Å². The van der Waals surface area contributed by atoms with E-state index in [1.807, 2.05) is 0 Å². The molecule has 1 aromatic carbocycles. The molecule has 0 heterocycles. The number of phenols is 1. The summed E-state index contributed by atoms with van der Waals surface area (Å²) in [6.07, 6.45) is 1.62. The number of nitrogens with zero attached hydrogens (tertiary/aromatic N) is 1. The molecule has 1 rings (SSSR count). The normalized spacial score (nSPS) is 9.42. The van der Waals surface area contributed by atoms with Gasteiger partial charge in [-0.3, -0.25) is 4.99 Å². The summed E-state index contributed by atoms with van der Waals surface area (Å²) in [6, 6.07) is 3.24. The van der Waals surface area contributed by atoms with Gasteiger partial charge in [0.25, 0.3) is 0 Å². The lowest BCUT2D eigenvalue weighted by Gasteiger charge is -2.04. The molecule has 0 aliphatic carbocycles. The second kappa shape index (κ2) is 3.54. The lowest BCUT2D eigenvalue weighted by molar-refractivity contribution is 0.472. The molecular formula is C9H8BrNO. The van der Waals surface area contributed by atoms with Gasteiger partial charge in [0.1, 0.15) is 5.75 Å². The van der Waals surface area contributed by atoms with Gasteiger partial charge in [-0.2, -0.15) is 0 Å². The van der Waals surface area contributed by atoms with Crippen molar-refractivity contribution in [2.45, 2.75) is 0 Å². The van der Waals surface area contributed by atoms with Crippen LogP contribution in [0.15, 0.2) is 28.2 Å². The van der Waals surface area contributed by atoms with Crippen molar-refractivity contribution in [3.63, 3.8) is 0 Å². The van der Waals surface area contributed by atoms with Crippen LogP contribution in [0.3, 0.4) is 0 Å². The van der Waals surface area contributed by atoms with Gasteiger partial charge in [-0.15, -0.1) is 0 Å². The molecule has 0 saturated heterocycles. The lowest BCUT2D eigenvalue weighted by Crippen LogP contribution is -1.77. The number of rotatable bonds is 2. The Kier molecular flexibility index (Phi) is 2.65. The van der Waals surface area contributed by atoms with Gasteiger partial charge in [-0.1, -0.05) is 12.7 Å². The predicted molar refractivity (Wildman–Crippen MR) is 55.1 cm³/mol. The minimum absolute atomic E-state index is 0.178. The fourth-order valence-corrected chi connectivity index (χ4v) is 1.40. The summed E-state index contributed by atoms with van der Waals surface area (Å²) >= 11 is 3.22. The van der Waals surface area contributed by atoms with Crippen molar-refractivity contribution in [3.8, 4) is 5.75 Å². The van der Waals surface area contributed by atoms with Gasteiger partial charge in [0.2, 0.25) is 0 Å². The first-order valence-electron chi connectivity index (χ1n) is 3.31. The van der Waals surface area contributed by atoms with E-state index in [4.69, 9.17) is 0 Å². The van der Waals surface area contributed by atoms with Crippen LogP contribution >= 0.6 is 15.9 Å². The number of phenolic OH excluding ortho intramolecular Hbond substituents is 1. The van der Waals surface area contributed by atoms with Gasteiger partial charge in [0.15, 0.2) is 0 Å². The van der Waals surface area contributed by atoms with Crippen LogP contribution in [-0.2, 0) is 0 Å². The molecule has 0 fully saturated rings. The Morgan fingerprint density at radius 1 is 1.50 bits per heavy atom. The summed E-state index contributed by atoms with van der Waals surface area (Å²) in [5.41, 5.74) is 1.46. The number of hydrogen-bond donors (Lipinski definition) is 1. The van der Waals surface area contributed by atoms with Crippen LogP contribution in [0, 0.1) is 0 Å². The topological polar surface area (TPSA) is 32.6 Å². The standard InChI is InChI=1S/C9H8BrNO/c1-3-6-7(11-2)4-5-8(12)9(6)10/h3-5,12H,1-2H2. The van der Waals surface area contributed by atoms with Crippen LogP contribution in [-0.4, -0.2) is 11.8 Å². The Bertz CT molecular complexity index is 334. The molecule has 0 spiro atoms. The molecule has 0 radical (unpaired) electrons. The zero-order valence-corrected chi connectivity index (χ0v) is 8.00. The highest BCUT2D eigenvalue weighted by Gasteiger charge is 2.05. The lowest BCUT2D eigenvalue weighted by atomic mass is 10.1. The molecule has 2 nitrogen and oxygen atoms in total. The molecule has 1 aromatic rings. The highest BCUT2D eigenvalue weighted by molar-refractivity contribution is 9.10. The molecule has 12 heavy (non-hydrogen) atoms. The van der Waals surface area contributed by atoms with E-state index in [-0.39, 0.29) is 5.75 Å². The monoisotopic (exact) mass is 225 g/mol. The highest BCUT2D eigenvalue weighted by atomic mass is 79.9. The van der Waals surface area contributed by atoms with Crippen molar-refractivity contribution in [1.29, 1.82) is 0 Å². The summed E-state index contributed by atoms with van der Waals surface area (Å²) in [6.45, 7) is 7.02. The van der Waals surface area contributed by atoms with Crippen LogP contribution in [0.2, 0.25) is 0 Å². The second-order valence-corrected chi connectivity index (χ2v) is 2.99. The quantitative estimate of drug-likeness (QED) is 0.772. The van der Waals surface area contributed by atoms with E-state index >= 15 is 0 Å². The summed E-state index contributed by atoms with van der Waals surface area (Å²) in [4.78, 5) is 3.78. The van der Waals surface area contributed by atoms with Gasteiger partial charge in [-0.05, 0) is 34.8 Å². The molecule has 0 saturated carbocycles. The minimum Gasteiger partial charge on any atom is -0.507 e. The Labute approximate surface area is 79.4 Å².